The van der Waals surface area contributed by atoms with Gasteiger partial charge in [-0.25, -0.2) is 14.1 Å². The zero-order valence-corrected chi connectivity index (χ0v) is 21.9. The average molecular weight is 575 g/mol. The molecule has 0 radical (unpaired) electrons. The van der Waals surface area contributed by atoms with Gasteiger partial charge in [0.2, 0.25) is 5.95 Å². The molecule has 1 unspecified atom stereocenters. The van der Waals surface area contributed by atoms with Crippen LogP contribution in [0.25, 0.3) is 16.9 Å². The highest BCUT2D eigenvalue weighted by Crippen LogP contribution is 2.33. The van der Waals surface area contributed by atoms with Crippen LogP contribution in [0.15, 0.2) is 60.9 Å². The van der Waals surface area contributed by atoms with Crippen molar-refractivity contribution in [1.82, 2.24) is 19.7 Å². The number of carbonyl (C=O) groups excluding carboxylic acids is 1. The van der Waals surface area contributed by atoms with E-state index in [1.807, 2.05) is 18.2 Å². The van der Waals surface area contributed by atoms with Crippen LogP contribution in [-0.2, 0) is 15.7 Å². The summed E-state index contributed by atoms with van der Waals surface area (Å²) in [4.78, 5) is 23.0. The molecule has 208 valence electrons. The molecule has 1 atom stereocenters. The maximum Gasteiger partial charge on any atom is 0.435 e. The van der Waals surface area contributed by atoms with Crippen molar-refractivity contribution in [1.29, 1.82) is 0 Å². The van der Waals surface area contributed by atoms with Gasteiger partial charge >= 0.3 is 12.1 Å². The van der Waals surface area contributed by atoms with E-state index in [0.29, 0.717) is 23.4 Å². The molecule has 4 aromatic rings. The lowest BCUT2D eigenvalue weighted by Crippen LogP contribution is -2.39. The number of rotatable bonds is 6. The molecule has 2 aromatic heterocycles. The number of piperidine rings is 1. The first kappa shape index (κ1) is 27.4. The van der Waals surface area contributed by atoms with Crippen LogP contribution in [0.1, 0.15) is 18.5 Å². The summed E-state index contributed by atoms with van der Waals surface area (Å²) in [7, 11) is 1.37. The normalized spacial score (nSPS) is 15.7. The second-order valence-electron chi connectivity index (χ2n) is 9.19. The highest BCUT2D eigenvalue weighted by molar-refractivity contribution is 6.31. The molecular formula is C27H23ClF4N6O2. The van der Waals surface area contributed by atoms with Gasteiger partial charge in [-0.3, -0.25) is 4.79 Å². The minimum absolute atomic E-state index is 0.0404. The molecule has 1 saturated heterocycles. The lowest BCUT2D eigenvalue weighted by Gasteiger charge is -2.33. The van der Waals surface area contributed by atoms with Gasteiger partial charge < -0.3 is 15.0 Å². The lowest BCUT2D eigenvalue weighted by molar-refractivity contribution is -0.145. The molecule has 1 aliphatic heterocycles. The van der Waals surface area contributed by atoms with Gasteiger partial charge in [0.15, 0.2) is 11.5 Å². The quantitative estimate of drug-likeness (QED) is 0.214. The monoisotopic (exact) mass is 574 g/mol. The third-order valence-corrected chi connectivity index (χ3v) is 6.81. The van der Waals surface area contributed by atoms with Crippen molar-refractivity contribution >= 4 is 34.9 Å². The number of nitrogens with zero attached hydrogens (tertiary/aromatic N) is 5. The van der Waals surface area contributed by atoms with Gasteiger partial charge in [-0.15, -0.1) is 0 Å². The van der Waals surface area contributed by atoms with Crippen LogP contribution in [0.3, 0.4) is 0 Å². The van der Waals surface area contributed by atoms with E-state index in [1.54, 1.807) is 6.07 Å². The van der Waals surface area contributed by atoms with Crippen molar-refractivity contribution in [2.24, 2.45) is 5.92 Å². The van der Waals surface area contributed by atoms with Gasteiger partial charge in [0.05, 0.1) is 18.1 Å². The van der Waals surface area contributed by atoms with E-state index in [-0.39, 0.29) is 28.7 Å². The summed E-state index contributed by atoms with van der Waals surface area (Å²) in [5.41, 5.74) is 1.19. The molecule has 0 amide bonds. The molecule has 1 aliphatic rings. The Morgan fingerprint density at radius 1 is 1.18 bits per heavy atom. The van der Waals surface area contributed by atoms with Gasteiger partial charge in [0.1, 0.15) is 5.82 Å². The molecule has 2 aromatic carbocycles. The van der Waals surface area contributed by atoms with Crippen LogP contribution in [-0.4, -0.2) is 45.9 Å². The van der Waals surface area contributed by atoms with Crippen LogP contribution < -0.4 is 10.2 Å². The van der Waals surface area contributed by atoms with Crippen LogP contribution in [0.4, 0.5) is 34.9 Å². The molecule has 13 heteroatoms. The van der Waals surface area contributed by atoms with E-state index in [1.165, 1.54) is 37.7 Å². The Kier molecular flexibility index (Phi) is 7.61. The smallest absolute Gasteiger partial charge is 0.435 e. The van der Waals surface area contributed by atoms with Crippen molar-refractivity contribution in [2.75, 3.05) is 30.4 Å². The Labute approximate surface area is 231 Å². The zero-order chi connectivity index (χ0) is 28.4. The van der Waals surface area contributed by atoms with E-state index in [0.717, 1.165) is 35.8 Å². The van der Waals surface area contributed by atoms with Crippen LogP contribution >= 0.6 is 11.6 Å². The summed E-state index contributed by atoms with van der Waals surface area (Å²) in [6.45, 7) is 1.22. The highest BCUT2D eigenvalue weighted by Gasteiger charge is 2.34. The highest BCUT2D eigenvalue weighted by atomic mass is 35.5. The number of benzene rings is 2. The fraction of sp³-hybridized carbons (Fsp3) is 0.259. The van der Waals surface area contributed by atoms with E-state index < -0.39 is 17.7 Å². The fourth-order valence-corrected chi connectivity index (χ4v) is 4.73. The first-order chi connectivity index (χ1) is 19.1. The van der Waals surface area contributed by atoms with Crippen molar-refractivity contribution in [3.8, 4) is 16.9 Å². The predicted octanol–water partition coefficient (Wildman–Crippen LogP) is 6.27. The first-order valence-corrected chi connectivity index (χ1v) is 12.7. The average Bonchev–Trinajstić information content (AvgIpc) is 3.46. The summed E-state index contributed by atoms with van der Waals surface area (Å²) in [5, 5.41) is 6.48. The zero-order valence-electron chi connectivity index (χ0n) is 21.1. The third kappa shape index (κ3) is 5.86. The number of esters is 1. The van der Waals surface area contributed by atoms with Gasteiger partial charge in [-0.1, -0.05) is 23.7 Å². The molecule has 1 fully saturated rings. The number of methoxy groups -OCH3 is 1. The molecule has 0 bridgehead atoms. The molecule has 0 saturated carbocycles. The number of halogens is 5. The summed E-state index contributed by atoms with van der Waals surface area (Å²) >= 11 is 5.87. The summed E-state index contributed by atoms with van der Waals surface area (Å²) in [6.07, 6.45) is -0.469. The lowest BCUT2D eigenvalue weighted by atomic mass is 9.97. The predicted molar refractivity (Wildman–Crippen MR) is 141 cm³/mol. The van der Waals surface area contributed by atoms with Gasteiger partial charge in [0, 0.05) is 42.4 Å². The molecule has 1 N–H and O–H groups in total. The SMILES string of the molecule is COC(=O)C1CCCN(c2cccc(-c3cnc(Nc4ccc(F)c(Cl)c4)nc3-n3ccc(C(F)(F)F)n3)c2)C1. The van der Waals surface area contributed by atoms with Gasteiger partial charge in [-0.2, -0.15) is 23.3 Å². The van der Waals surface area contributed by atoms with Crippen LogP contribution in [0.2, 0.25) is 5.02 Å². The number of anilines is 3. The largest absolute Gasteiger partial charge is 0.469 e. The van der Waals surface area contributed by atoms with E-state index in [2.05, 4.69) is 25.3 Å². The third-order valence-electron chi connectivity index (χ3n) is 6.52. The number of alkyl halides is 3. The first-order valence-electron chi connectivity index (χ1n) is 12.3. The molecule has 5 rings (SSSR count). The fourth-order valence-electron chi connectivity index (χ4n) is 4.55. The number of hydrogen-bond donors (Lipinski definition) is 1. The second-order valence-corrected chi connectivity index (χ2v) is 9.59. The van der Waals surface area contributed by atoms with E-state index in [9.17, 15) is 22.4 Å². The van der Waals surface area contributed by atoms with Gasteiger partial charge in [0.25, 0.3) is 0 Å². The minimum atomic E-state index is -4.64. The summed E-state index contributed by atoms with van der Waals surface area (Å²) in [6, 6.07) is 12.2. The number of ether oxygens (including phenoxy) is 1. The van der Waals surface area contributed by atoms with Crippen LogP contribution in [0.5, 0.6) is 0 Å². The maximum absolute atomic E-state index is 13.6. The Morgan fingerprint density at radius 2 is 2.00 bits per heavy atom. The Bertz CT molecular complexity index is 1540. The van der Waals surface area contributed by atoms with E-state index in [4.69, 9.17) is 16.3 Å². The topological polar surface area (TPSA) is 85.2 Å². The van der Waals surface area contributed by atoms with Crippen molar-refractivity contribution in [3.63, 3.8) is 0 Å². The second kappa shape index (κ2) is 11.1. The number of carbonyl (C=O) groups is 1. The molecule has 0 spiro atoms. The van der Waals surface area contributed by atoms with Gasteiger partial charge in [-0.05, 0) is 54.8 Å². The summed E-state index contributed by atoms with van der Waals surface area (Å²) < 4.78 is 59.6. The standard InChI is InChI=1S/C27H23ClF4N6O2/c1-40-25(39)17-5-3-10-37(15-17)19-6-2-4-16(12-19)20-14-33-26(34-18-7-8-22(29)21(28)13-18)35-24(20)38-11-9-23(36-38)27(30,31)32/h2,4,6-9,11-14,17H,3,5,10,15H2,1H3,(H,33,34,35). The van der Waals surface area contributed by atoms with Crippen molar-refractivity contribution in [3.05, 3.63) is 77.5 Å². The number of nitrogens with one attached hydrogen (secondary N) is 1. The molecule has 3 heterocycles. The maximum atomic E-state index is 13.6. The molecule has 8 nitrogen and oxygen atoms in total. The minimum Gasteiger partial charge on any atom is -0.469 e. The molecule has 40 heavy (non-hydrogen) atoms. The summed E-state index contributed by atoms with van der Waals surface area (Å²) in [5.74, 6) is -0.993. The number of aromatic nitrogens is 4. The Morgan fingerprint density at radius 3 is 2.73 bits per heavy atom. The molecular weight excluding hydrogens is 552 g/mol. The Balaban J connectivity index is 1.53. The number of hydrogen-bond acceptors (Lipinski definition) is 7. The molecule has 0 aliphatic carbocycles. The van der Waals surface area contributed by atoms with Crippen molar-refractivity contribution in [2.45, 2.75) is 19.0 Å². The van der Waals surface area contributed by atoms with E-state index >= 15 is 0 Å². The van der Waals surface area contributed by atoms with Crippen LogP contribution in [0, 0.1) is 11.7 Å². The van der Waals surface area contributed by atoms with Crippen molar-refractivity contribution < 1.29 is 27.1 Å². The Hall–Kier alpha value is -4.19.